The second-order valence-electron chi connectivity index (χ2n) is 5.77. The molecule has 2 unspecified atom stereocenters. The largest absolute Gasteiger partial charge is 0.302 e. The number of carbonyl (C=O) groups excluding carboxylic acids is 1. The van der Waals surface area contributed by atoms with E-state index >= 15 is 0 Å². The standard InChI is InChI=1S/C18H14BrN3OS/c19-13-5-1-3-11(7-13)14-8-15(14)17(23)22-18-21-16(10-24-18)12-4-2-6-20-9-12/h1-7,9-10,14-15H,8H2,(H,21,22,23). The molecule has 1 N–H and O–H groups in total. The fraction of sp³-hybridized carbons (Fsp3) is 0.167. The SMILES string of the molecule is O=C(Nc1nc(-c2cccnc2)cs1)C1CC1c1cccc(Br)c1. The van der Waals surface area contributed by atoms with E-state index in [2.05, 4.69) is 43.3 Å². The van der Waals surface area contributed by atoms with Crippen LogP contribution in [0, 0.1) is 5.92 Å². The van der Waals surface area contributed by atoms with Crippen molar-refractivity contribution in [2.75, 3.05) is 5.32 Å². The Morgan fingerprint density at radius 3 is 3.00 bits per heavy atom. The quantitative estimate of drug-likeness (QED) is 0.690. The Hall–Kier alpha value is -2.05. The number of aromatic nitrogens is 2. The number of nitrogens with zero attached hydrogens (tertiary/aromatic N) is 2. The van der Waals surface area contributed by atoms with Gasteiger partial charge in [0, 0.05) is 33.7 Å². The van der Waals surface area contributed by atoms with Crippen molar-refractivity contribution in [3.8, 4) is 11.3 Å². The summed E-state index contributed by atoms with van der Waals surface area (Å²) >= 11 is 4.92. The number of benzene rings is 1. The van der Waals surface area contributed by atoms with E-state index in [0.29, 0.717) is 11.0 Å². The number of anilines is 1. The zero-order valence-electron chi connectivity index (χ0n) is 12.6. The van der Waals surface area contributed by atoms with E-state index in [1.807, 2.05) is 29.6 Å². The summed E-state index contributed by atoms with van der Waals surface area (Å²) in [5.74, 6) is 0.386. The van der Waals surface area contributed by atoms with Crippen LogP contribution < -0.4 is 5.32 Å². The molecule has 3 aromatic rings. The summed E-state index contributed by atoms with van der Waals surface area (Å²) in [5, 5.41) is 5.52. The van der Waals surface area contributed by atoms with E-state index in [-0.39, 0.29) is 11.8 Å². The first kappa shape index (κ1) is 15.5. The summed E-state index contributed by atoms with van der Waals surface area (Å²) in [4.78, 5) is 21.0. The number of carbonyl (C=O) groups is 1. The molecule has 1 amide bonds. The molecule has 2 atom stereocenters. The minimum atomic E-state index is 0.0324. The molecule has 0 spiro atoms. The van der Waals surface area contributed by atoms with Gasteiger partial charge in [0.2, 0.25) is 5.91 Å². The van der Waals surface area contributed by atoms with Crippen LogP contribution >= 0.6 is 27.3 Å². The van der Waals surface area contributed by atoms with E-state index in [1.54, 1.807) is 12.4 Å². The van der Waals surface area contributed by atoms with Crippen LogP contribution in [0.2, 0.25) is 0 Å². The highest BCUT2D eigenvalue weighted by atomic mass is 79.9. The normalized spacial score (nSPS) is 19.0. The maximum Gasteiger partial charge on any atom is 0.229 e. The topological polar surface area (TPSA) is 54.9 Å². The molecule has 120 valence electrons. The smallest absolute Gasteiger partial charge is 0.229 e. The molecule has 4 nitrogen and oxygen atoms in total. The van der Waals surface area contributed by atoms with Gasteiger partial charge in [0.15, 0.2) is 5.13 Å². The zero-order valence-corrected chi connectivity index (χ0v) is 15.0. The van der Waals surface area contributed by atoms with Crippen LogP contribution in [0.5, 0.6) is 0 Å². The van der Waals surface area contributed by atoms with Gasteiger partial charge in [-0.05, 0) is 42.2 Å². The van der Waals surface area contributed by atoms with Crippen LogP contribution in [-0.2, 0) is 4.79 Å². The van der Waals surface area contributed by atoms with Gasteiger partial charge in [-0.25, -0.2) is 4.98 Å². The van der Waals surface area contributed by atoms with Crippen molar-refractivity contribution in [3.63, 3.8) is 0 Å². The van der Waals surface area contributed by atoms with Gasteiger partial charge in [-0.1, -0.05) is 28.1 Å². The lowest BCUT2D eigenvalue weighted by atomic mass is 10.1. The van der Waals surface area contributed by atoms with E-state index in [9.17, 15) is 4.79 Å². The van der Waals surface area contributed by atoms with E-state index in [1.165, 1.54) is 16.9 Å². The molecule has 24 heavy (non-hydrogen) atoms. The van der Waals surface area contributed by atoms with Gasteiger partial charge in [0.05, 0.1) is 5.69 Å². The summed E-state index contributed by atoms with van der Waals surface area (Å²) in [5.41, 5.74) is 3.00. The van der Waals surface area contributed by atoms with Crippen molar-refractivity contribution in [1.29, 1.82) is 0 Å². The highest BCUT2D eigenvalue weighted by molar-refractivity contribution is 9.10. The minimum Gasteiger partial charge on any atom is -0.302 e. The molecule has 1 aliphatic carbocycles. The number of halogens is 1. The molecule has 1 fully saturated rings. The second kappa shape index (κ2) is 6.45. The van der Waals surface area contributed by atoms with Crippen molar-refractivity contribution >= 4 is 38.3 Å². The molecule has 1 aliphatic rings. The molecule has 0 radical (unpaired) electrons. The number of hydrogen-bond donors (Lipinski definition) is 1. The lowest BCUT2D eigenvalue weighted by Gasteiger charge is -2.02. The third-order valence-corrected chi connectivity index (χ3v) is 5.35. The number of pyridine rings is 1. The number of thiazole rings is 1. The molecule has 1 saturated carbocycles. The fourth-order valence-electron chi connectivity index (χ4n) is 2.77. The van der Waals surface area contributed by atoms with Crippen molar-refractivity contribution in [1.82, 2.24) is 9.97 Å². The van der Waals surface area contributed by atoms with E-state index < -0.39 is 0 Å². The third kappa shape index (κ3) is 3.25. The average molecular weight is 400 g/mol. The predicted molar refractivity (Wildman–Crippen MR) is 99.0 cm³/mol. The first-order valence-corrected chi connectivity index (χ1v) is 9.30. The van der Waals surface area contributed by atoms with Crippen molar-refractivity contribution in [2.24, 2.45) is 5.92 Å². The molecule has 2 aromatic heterocycles. The van der Waals surface area contributed by atoms with Crippen LogP contribution in [0.3, 0.4) is 0 Å². The first-order valence-electron chi connectivity index (χ1n) is 7.63. The average Bonchev–Trinajstić information content (AvgIpc) is 3.28. The molecular weight excluding hydrogens is 386 g/mol. The zero-order chi connectivity index (χ0) is 16.5. The van der Waals surface area contributed by atoms with Gasteiger partial charge >= 0.3 is 0 Å². The Morgan fingerprint density at radius 2 is 2.21 bits per heavy atom. The molecule has 0 saturated heterocycles. The summed E-state index contributed by atoms with van der Waals surface area (Å²) in [6.45, 7) is 0. The van der Waals surface area contributed by atoms with Crippen LogP contribution in [-0.4, -0.2) is 15.9 Å². The number of rotatable bonds is 4. The summed E-state index contributed by atoms with van der Waals surface area (Å²) in [7, 11) is 0. The van der Waals surface area contributed by atoms with Gasteiger partial charge < -0.3 is 5.32 Å². The lowest BCUT2D eigenvalue weighted by Crippen LogP contribution is -2.14. The molecule has 2 heterocycles. The summed E-state index contributed by atoms with van der Waals surface area (Å²) in [6.07, 6.45) is 4.39. The van der Waals surface area contributed by atoms with Gasteiger partial charge in [0.1, 0.15) is 0 Å². The van der Waals surface area contributed by atoms with E-state index in [4.69, 9.17) is 0 Å². The number of nitrogens with one attached hydrogen (secondary N) is 1. The second-order valence-corrected chi connectivity index (χ2v) is 7.55. The highest BCUT2D eigenvalue weighted by Gasteiger charge is 2.44. The monoisotopic (exact) mass is 399 g/mol. The molecule has 1 aromatic carbocycles. The van der Waals surface area contributed by atoms with Crippen LogP contribution in [0.25, 0.3) is 11.3 Å². The Bertz CT molecular complexity index is 881. The third-order valence-electron chi connectivity index (χ3n) is 4.10. The van der Waals surface area contributed by atoms with Crippen LogP contribution in [0.15, 0.2) is 58.6 Å². The van der Waals surface area contributed by atoms with Crippen LogP contribution in [0.4, 0.5) is 5.13 Å². The Balaban J connectivity index is 1.42. The van der Waals surface area contributed by atoms with Crippen molar-refractivity contribution in [3.05, 3.63) is 64.2 Å². The predicted octanol–water partition coefficient (Wildman–Crippen LogP) is 4.71. The fourth-order valence-corrected chi connectivity index (χ4v) is 3.91. The van der Waals surface area contributed by atoms with Gasteiger partial charge in [-0.3, -0.25) is 9.78 Å². The molecule has 6 heteroatoms. The maximum absolute atomic E-state index is 12.4. The number of hydrogen-bond acceptors (Lipinski definition) is 4. The molecular formula is C18H14BrN3OS. The van der Waals surface area contributed by atoms with Crippen molar-refractivity contribution in [2.45, 2.75) is 12.3 Å². The highest BCUT2D eigenvalue weighted by Crippen LogP contribution is 2.48. The van der Waals surface area contributed by atoms with Crippen molar-refractivity contribution < 1.29 is 4.79 Å². The molecule has 0 aliphatic heterocycles. The molecule has 0 bridgehead atoms. The van der Waals surface area contributed by atoms with E-state index in [0.717, 1.165) is 22.2 Å². The van der Waals surface area contributed by atoms with Gasteiger partial charge in [-0.15, -0.1) is 11.3 Å². The lowest BCUT2D eigenvalue weighted by molar-refractivity contribution is -0.117. The van der Waals surface area contributed by atoms with Gasteiger partial charge in [-0.2, -0.15) is 0 Å². The summed E-state index contributed by atoms with van der Waals surface area (Å²) < 4.78 is 1.05. The van der Waals surface area contributed by atoms with Gasteiger partial charge in [0.25, 0.3) is 0 Å². The number of amides is 1. The Kier molecular flexibility index (Phi) is 4.16. The Morgan fingerprint density at radius 1 is 1.29 bits per heavy atom. The first-order chi connectivity index (χ1) is 11.7. The minimum absolute atomic E-state index is 0.0324. The Labute approximate surface area is 152 Å². The van der Waals surface area contributed by atoms with Crippen LogP contribution in [0.1, 0.15) is 17.9 Å². The maximum atomic E-state index is 12.4. The molecule has 4 rings (SSSR count). The summed E-state index contributed by atoms with van der Waals surface area (Å²) in [6, 6.07) is 12.0.